The van der Waals surface area contributed by atoms with Crippen molar-refractivity contribution in [1.29, 1.82) is 0 Å². The van der Waals surface area contributed by atoms with Crippen LogP contribution in [-0.2, 0) is 11.2 Å². The maximum atomic E-state index is 12.6. The van der Waals surface area contributed by atoms with Gasteiger partial charge in [-0.1, -0.05) is 36.6 Å². The van der Waals surface area contributed by atoms with Crippen LogP contribution in [0.1, 0.15) is 37.8 Å². The van der Waals surface area contributed by atoms with Crippen molar-refractivity contribution >= 4 is 16.9 Å². The first-order valence-electron chi connectivity index (χ1n) is 9.16. The van der Waals surface area contributed by atoms with Gasteiger partial charge in [0.25, 0.3) is 0 Å². The van der Waals surface area contributed by atoms with Crippen LogP contribution in [0.3, 0.4) is 0 Å². The van der Waals surface area contributed by atoms with E-state index in [1.54, 1.807) is 0 Å². The molecule has 0 bridgehead atoms. The number of rotatable bonds is 3. The first kappa shape index (κ1) is 15.6. The fourth-order valence-electron chi connectivity index (χ4n) is 4.10. The number of piperazine rings is 1. The predicted octanol–water partition coefficient (Wildman–Crippen LogP) is 2.85. The molecule has 2 aromatic rings. The molecule has 1 amide bonds. The van der Waals surface area contributed by atoms with Crippen molar-refractivity contribution < 1.29 is 9.32 Å². The van der Waals surface area contributed by atoms with Crippen molar-refractivity contribution in [3.05, 3.63) is 30.0 Å². The van der Waals surface area contributed by atoms with E-state index in [1.165, 1.54) is 32.1 Å². The van der Waals surface area contributed by atoms with Gasteiger partial charge in [0.15, 0.2) is 5.58 Å². The van der Waals surface area contributed by atoms with Crippen LogP contribution in [-0.4, -0.2) is 53.1 Å². The lowest BCUT2D eigenvalue weighted by Gasteiger charge is -2.40. The Hall–Kier alpha value is -1.88. The Morgan fingerprint density at radius 3 is 2.62 bits per heavy atom. The minimum absolute atomic E-state index is 0.164. The summed E-state index contributed by atoms with van der Waals surface area (Å²) in [5, 5.41) is 5.04. The van der Waals surface area contributed by atoms with E-state index in [0.717, 1.165) is 48.9 Å². The molecule has 5 nitrogen and oxygen atoms in total. The van der Waals surface area contributed by atoms with Gasteiger partial charge in [0.1, 0.15) is 5.69 Å². The average molecular weight is 327 g/mol. The Balaban J connectivity index is 1.34. The van der Waals surface area contributed by atoms with Gasteiger partial charge < -0.3 is 9.42 Å². The quantitative estimate of drug-likeness (QED) is 0.870. The zero-order valence-corrected chi connectivity index (χ0v) is 14.1. The largest absolute Gasteiger partial charge is 0.356 e. The molecule has 1 saturated carbocycles. The number of nitrogens with zero attached hydrogens (tertiary/aromatic N) is 3. The Kier molecular flexibility index (Phi) is 4.52. The SMILES string of the molecule is O=C(Cc1noc2ccccc12)N1CCN(C2CCCCC2)CC1. The van der Waals surface area contributed by atoms with Crippen LogP contribution in [0.25, 0.3) is 11.0 Å². The molecule has 1 aromatic heterocycles. The highest BCUT2D eigenvalue weighted by atomic mass is 16.5. The molecule has 0 N–H and O–H groups in total. The molecule has 4 rings (SSSR count). The summed E-state index contributed by atoms with van der Waals surface area (Å²) >= 11 is 0. The van der Waals surface area contributed by atoms with E-state index in [9.17, 15) is 4.79 Å². The average Bonchev–Trinajstić information content (AvgIpc) is 3.06. The number of fused-ring (bicyclic) bond motifs is 1. The van der Waals surface area contributed by atoms with Crippen molar-refractivity contribution in [1.82, 2.24) is 15.0 Å². The lowest BCUT2D eigenvalue weighted by Crippen LogP contribution is -2.52. The standard InChI is InChI=1S/C19H25N3O2/c23-19(14-17-16-8-4-5-9-18(16)24-20-17)22-12-10-21(11-13-22)15-6-2-1-3-7-15/h4-5,8-9,15H,1-3,6-7,10-14H2. The summed E-state index contributed by atoms with van der Waals surface area (Å²) in [5.41, 5.74) is 1.51. The minimum Gasteiger partial charge on any atom is -0.356 e. The van der Waals surface area contributed by atoms with E-state index in [1.807, 2.05) is 29.2 Å². The highest BCUT2D eigenvalue weighted by molar-refractivity contribution is 5.86. The summed E-state index contributed by atoms with van der Waals surface area (Å²) in [6.07, 6.45) is 7.12. The molecule has 2 heterocycles. The van der Waals surface area contributed by atoms with Crippen molar-refractivity contribution in [2.75, 3.05) is 26.2 Å². The third-order valence-corrected chi connectivity index (χ3v) is 5.53. The van der Waals surface area contributed by atoms with Crippen LogP contribution in [0.4, 0.5) is 0 Å². The second-order valence-corrected chi connectivity index (χ2v) is 7.01. The Morgan fingerprint density at radius 1 is 1.08 bits per heavy atom. The number of hydrogen-bond acceptors (Lipinski definition) is 4. The molecule has 128 valence electrons. The number of hydrogen-bond donors (Lipinski definition) is 0. The molecule has 24 heavy (non-hydrogen) atoms. The smallest absolute Gasteiger partial charge is 0.228 e. The van der Waals surface area contributed by atoms with Crippen molar-refractivity contribution in [2.24, 2.45) is 0 Å². The van der Waals surface area contributed by atoms with Crippen LogP contribution in [0, 0.1) is 0 Å². The molecular weight excluding hydrogens is 302 g/mol. The van der Waals surface area contributed by atoms with Gasteiger partial charge in [0.05, 0.1) is 6.42 Å². The second-order valence-electron chi connectivity index (χ2n) is 7.01. The third-order valence-electron chi connectivity index (χ3n) is 5.53. The maximum absolute atomic E-state index is 12.6. The van der Waals surface area contributed by atoms with Gasteiger partial charge in [0.2, 0.25) is 5.91 Å². The molecule has 1 aromatic carbocycles. The minimum atomic E-state index is 0.164. The predicted molar refractivity (Wildman–Crippen MR) is 92.7 cm³/mol. The van der Waals surface area contributed by atoms with Crippen molar-refractivity contribution in [2.45, 2.75) is 44.6 Å². The van der Waals surface area contributed by atoms with E-state index in [0.29, 0.717) is 6.42 Å². The Labute approximate surface area is 142 Å². The lowest BCUT2D eigenvalue weighted by molar-refractivity contribution is -0.132. The van der Waals surface area contributed by atoms with Crippen molar-refractivity contribution in [3.63, 3.8) is 0 Å². The summed E-state index contributed by atoms with van der Waals surface area (Å²) < 4.78 is 5.30. The van der Waals surface area contributed by atoms with Gasteiger partial charge in [0, 0.05) is 37.6 Å². The molecule has 5 heteroatoms. The highest BCUT2D eigenvalue weighted by Gasteiger charge is 2.27. The number of para-hydroxylation sites is 1. The van der Waals surface area contributed by atoms with Gasteiger partial charge in [-0.05, 0) is 25.0 Å². The fourth-order valence-corrected chi connectivity index (χ4v) is 4.10. The van der Waals surface area contributed by atoms with Crippen LogP contribution in [0.2, 0.25) is 0 Å². The number of amides is 1. The van der Waals surface area contributed by atoms with Crippen LogP contribution >= 0.6 is 0 Å². The number of carbonyl (C=O) groups is 1. The monoisotopic (exact) mass is 327 g/mol. The molecular formula is C19H25N3O2. The zero-order valence-electron chi connectivity index (χ0n) is 14.1. The third kappa shape index (κ3) is 3.18. The van der Waals surface area contributed by atoms with Crippen LogP contribution < -0.4 is 0 Å². The van der Waals surface area contributed by atoms with Gasteiger partial charge in [-0.2, -0.15) is 0 Å². The summed E-state index contributed by atoms with van der Waals surface area (Å²) in [6.45, 7) is 3.70. The molecule has 0 atom stereocenters. The van der Waals surface area contributed by atoms with E-state index in [2.05, 4.69) is 10.1 Å². The lowest BCUT2D eigenvalue weighted by atomic mass is 9.94. The van der Waals surface area contributed by atoms with E-state index >= 15 is 0 Å². The zero-order chi connectivity index (χ0) is 16.4. The highest BCUT2D eigenvalue weighted by Crippen LogP contribution is 2.24. The summed E-state index contributed by atoms with van der Waals surface area (Å²) in [4.78, 5) is 17.2. The summed E-state index contributed by atoms with van der Waals surface area (Å²) in [7, 11) is 0. The summed E-state index contributed by atoms with van der Waals surface area (Å²) in [5.74, 6) is 0.164. The first-order chi connectivity index (χ1) is 11.8. The topological polar surface area (TPSA) is 49.6 Å². The molecule has 2 aliphatic rings. The van der Waals surface area contributed by atoms with Gasteiger partial charge >= 0.3 is 0 Å². The number of aromatic nitrogens is 1. The Bertz CT molecular complexity index is 697. The van der Waals surface area contributed by atoms with Gasteiger partial charge in [-0.15, -0.1) is 0 Å². The first-order valence-corrected chi connectivity index (χ1v) is 9.16. The van der Waals surface area contributed by atoms with E-state index in [4.69, 9.17) is 4.52 Å². The van der Waals surface area contributed by atoms with Crippen LogP contribution in [0.15, 0.2) is 28.8 Å². The summed E-state index contributed by atoms with van der Waals surface area (Å²) in [6, 6.07) is 8.48. The molecule has 0 radical (unpaired) electrons. The molecule has 2 fully saturated rings. The van der Waals surface area contributed by atoms with Gasteiger partial charge in [-0.25, -0.2) is 0 Å². The van der Waals surface area contributed by atoms with E-state index < -0.39 is 0 Å². The molecule has 0 unspecified atom stereocenters. The van der Waals surface area contributed by atoms with Gasteiger partial charge in [-0.3, -0.25) is 9.69 Å². The molecule has 1 aliphatic heterocycles. The number of benzene rings is 1. The van der Waals surface area contributed by atoms with Crippen molar-refractivity contribution in [3.8, 4) is 0 Å². The maximum Gasteiger partial charge on any atom is 0.228 e. The number of carbonyl (C=O) groups excluding carboxylic acids is 1. The van der Waals surface area contributed by atoms with Crippen LogP contribution in [0.5, 0.6) is 0 Å². The molecule has 0 spiro atoms. The second kappa shape index (κ2) is 6.93. The molecule has 1 saturated heterocycles. The van der Waals surface area contributed by atoms with E-state index in [-0.39, 0.29) is 5.91 Å². The fraction of sp³-hybridized carbons (Fsp3) is 0.579. The molecule has 1 aliphatic carbocycles. The Morgan fingerprint density at radius 2 is 1.83 bits per heavy atom. The normalized spacial score (nSPS) is 20.6.